The van der Waals surface area contributed by atoms with Gasteiger partial charge in [0.05, 0.1) is 12.6 Å². The molecule has 3 aliphatic rings. The van der Waals surface area contributed by atoms with Gasteiger partial charge < -0.3 is 10.6 Å². The Hall–Kier alpha value is -0.930. The number of aryl methyl sites for hydroxylation is 1. The van der Waals surface area contributed by atoms with Crippen LogP contribution in [0.15, 0.2) is 23.2 Å². The van der Waals surface area contributed by atoms with Crippen LogP contribution >= 0.6 is 24.0 Å². The zero-order valence-electron chi connectivity index (χ0n) is 16.0. The van der Waals surface area contributed by atoms with Crippen molar-refractivity contribution in [2.24, 2.45) is 4.99 Å². The van der Waals surface area contributed by atoms with Crippen molar-refractivity contribution in [2.75, 3.05) is 45.8 Å². The zero-order chi connectivity index (χ0) is 17.8. The molecule has 0 saturated carbocycles. The van der Waals surface area contributed by atoms with Crippen LogP contribution in [0.5, 0.6) is 0 Å². The maximum atomic E-state index is 13.8. The molecule has 2 atom stereocenters. The monoisotopic (exact) mass is 475 g/mol. The highest BCUT2D eigenvalue weighted by molar-refractivity contribution is 14.0. The summed E-state index contributed by atoms with van der Waals surface area (Å²) in [5.41, 5.74) is 1.60. The summed E-state index contributed by atoms with van der Waals surface area (Å²) < 4.78 is 13.8. The lowest BCUT2D eigenvalue weighted by Crippen LogP contribution is -2.62. The lowest BCUT2D eigenvalue weighted by atomic mass is 10.1. The number of piperazine rings is 3. The Morgan fingerprint density at radius 3 is 2.62 bits per heavy atom. The molecule has 1 aromatic carbocycles. The Morgan fingerprint density at radius 2 is 2.04 bits per heavy atom. The molecule has 3 aliphatic heterocycles. The number of aliphatic imine (C=N–C) groups is 1. The highest BCUT2D eigenvalue weighted by atomic mass is 127. The first-order valence-corrected chi connectivity index (χ1v) is 9.34. The molecule has 2 N–H and O–H groups in total. The fraction of sp³-hybridized carbons (Fsp3) is 0.632. The fourth-order valence-electron chi connectivity index (χ4n) is 3.58. The van der Waals surface area contributed by atoms with Crippen molar-refractivity contribution >= 4 is 29.9 Å². The first-order chi connectivity index (χ1) is 12.1. The van der Waals surface area contributed by atoms with Crippen molar-refractivity contribution in [1.82, 2.24) is 20.4 Å². The Bertz CT molecular complexity index is 616. The van der Waals surface area contributed by atoms with Crippen LogP contribution in [0.1, 0.15) is 31.0 Å². The molecule has 3 fully saturated rings. The molecule has 0 aliphatic carbocycles. The van der Waals surface area contributed by atoms with Gasteiger partial charge >= 0.3 is 0 Å². The van der Waals surface area contributed by atoms with Crippen LogP contribution in [-0.2, 0) is 0 Å². The highest BCUT2D eigenvalue weighted by Gasteiger charge is 2.31. The third-order valence-electron chi connectivity index (χ3n) is 5.25. The van der Waals surface area contributed by atoms with Gasteiger partial charge in [0.1, 0.15) is 5.82 Å². The van der Waals surface area contributed by atoms with Gasteiger partial charge in [-0.05, 0) is 38.0 Å². The van der Waals surface area contributed by atoms with E-state index in [4.69, 9.17) is 4.99 Å². The van der Waals surface area contributed by atoms with E-state index < -0.39 is 0 Å². The molecule has 1 aromatic rings. The van der Waals surface area contributed by atoms with E-state index in [0.717, 1.165) is 44.2 Å². The predicted molar refractivity (Wildman–Crippen MR) is 116 cm³/mol. The third kappa shape index (κ3) is 5.29. The number of guanidine groups is 1. The van der Waals surface area contributed by atoms with Gasteiger partial charge in [-0.25, -0.2) is 4.39 Å². The summed E-state index contributed by atoms with van der Waals surface area (Å²) in [6.45, 7) is 13.3. The lowest BCUT2D eigenvalue weighted by Gasteiger charge is -2.47. The van der Waals surface area contributed by atoms with Crippen LogP contribution in [0.3, 0.4) is 0 Å². The molecule has 2 bridgehead atoms. The maximum Gasteiger partial charge on any atom is 0.191 e. The van der Waals surface area contributed by atoms with Crippen molar-refractivity contribution in [3.05, 3.63) is 35.1 Å². The average molecular weight is 475 g/mol. The van der Waals surface area contributed by atoms with E-state index in [1.165, 1.54) is 13.1 Å². The Labute approximate surface area is 173 Å². The van der Waals surface area contributed by atoms with Gasteiger partial charge in [0.25, 0.3) is 0 Å². The molecule has 5 nitrogen and oxygen atoms in total. The minimum absolute atomic E-state index is 0. The number of nitrogens with zero attached hydrogens (tertiary/aromatic N) is 3. The van der Waals surface area contributed by atoms with Crippen LogP contribution in [0.2, 0.25) is 0 Å². The number of nitrogens with one attached hydrogen (secondary N) is 2. The molecule has 146 valence electrons. The van der Waals surface area contributed by atoms with Crippen molar-refractivity contribution in [2.45, 2.75) is 32.9 Å². The minimum Gasteiger partial charge on any atom is -0.357 e. The summed E-state index contributed by atoms with van der Waals surface area (Å²) in [4.78, 5) is 9.87. The predicted octanol–water partition coefficient (Wildman–Crippen LogP) is 2.37. The first kappa shape index (κ1) is 21.4. The SMILES string of the molecule is CCNC(=NCC1CN2CCN1CC2)NC(C)c1ccc(C)c(F)c1.I. The van der Waals surface area contributed by atoms with Gasteiger partial charge in [0.2, 0.25) is 0 Å². The van der Waals surface area contributed by atoms with Gasteiger partial charge in [-0.2, -0.15) is 0 Å². The Morgan fingerprint density at radius 1 is 1.31 bits per heavy atom. The molecular weight excluding hydrogens is 444 g/mol. The summed E-state index contributed by atoms with van der Waals surface area (Å²) in [7, 11) is 0. The van der Waals surface area contributed by atoms with E-state index in [1.807, 2.05) is 19.1 Å². The van der Waals surface area contributed by atoms with E-state index in [0.29, 0.717) is 11.6 Å². The maximum absolute atomic E-state index is 13.8. The zero-order valence-corrected chi connectivity index (χ0v) is 18.3. The molecule has 7 heteroatoms. The van der Waals surface area contributed by atoms with Crippen molar-refractivity contribution in [3.8, 4) is 0 Å². The van der Waals surface area contributed by atoms with E-state index >= 15 is 0 Å². The summed E-state index contributed by atoms with van der Waals surface area (Å²) in [5, 5.41) is 6.71. The van der Waals surface area contributed by atoms with Crippen LogP contribution in [0, 0.1) is 12.7 Å². The second kappa shape index (κ2) is 9.85. The second-order valence-electron chi connectivity index (χ2n) is 7.08. The second-order valence-corrected chi connectivity index (χ2v) is 7.08. The van der Waals surface area contributed by atoms with E-state index in [-0.39, 0.29) is 35.8 Å². The summed E-state index contributed by atoms with van der Waals surface area (Å²) in [6.07, 6.45) is 0. The topological polar surface area (TPSA) is 42.9 Å². The standard InChI is InChI=1S/C19H30FN5.HI/c1-4-21-19(22-12-17-13-24-7-9-25(17)10-8-24)23-15(3)16-6-5-14(2)18(20)11-16;/h5-6,11,15,17H,4,7-10,12-13H2,1-3H3,(H2,21,22,23);1H. The number of hydrogen-bond donors (Lipinski definition) is 2. The summed E-state index contributed by atoms with van der Waals surface area (Å²) in [5.74, 6) is 0.641. The van der Waals surface area contributed by atoms with E-state index in [1.54, 1.807) is 13.0 Å². The van der Waals surface area contributed by atoms with Crippen LogP contribution < -0.4 is 10.6 Å². The third-order valence-corrected chi connectivity index (χ3v) is 5.25. The summed E-state index contributed by atoms with van der Waals surface area (Å²) >= 11 is 0. The Kier molecular flexibility index (Phi) is 8.09. The normalized spacial score (nSPS) is 26.2. The number of hydrogen-bond acceptors (Lipinski definition) is 3. The molecule has 0 amide bonds. The number of halogens is 2. The number of rotatable bonds is 5. The Balaban J connectivity index is 0.00000243. The highest BCUT2D eigenvalue weighted by Crippen LogP contribution is 2.17. The number of fused-ring (bicyclic) bond motifs is 3. The smallest absolute Gasteiger partial charge is 0.191 e. The molecule has 0 radical (unpaired) electrons. The van der Waals surface area contributed by atoms with Crippen molar-refractivity contribution in [1.29, 1.82) is 0 Å². The molecular formula is C19H31FIN5. The van der Waals surface area contributed by atoms with Crippen LogP contribution in [0.4, 0.5) is 4.39 Å². The van der Waals surface area contributed by atoms with Gasteiger partial charge in [0.15, 0.2) is 5.96 Å². The lowest BCUT2D eigenvalue weighted by molar-refractivity contribution is 0.0174. The van der Waals surface area contributed by atoms with Crippen molar-refractivity contribution in [3.63, 3.8) is 0 Å². The van der Waals surface area contributed by atoms with Crippen LogP contribution in [-0.4, -0.2) is 67.6 Å². The molecule has 2 unspecified atom stereocenters. The quantitative estimate of drug-likeness (QED) is 0.390. The molecule has 26 heavy (non-hydrogen) atoms. The fourth-order valence-corrected chi connectivity index (χ4v) is 3.58. The van der Waals surface area contributed by atoms with Gasteiger partial charge in [-0.1, -0.05) is 12.1 Å². The van der Waals surface area contributed by atoms with Gasteiger partial charge in [0, 0.05) is 45.3 Å². The first-order valence-electron chi connectivity index (χ1n) is 9.34. The minimum atomic E-state index is -0.159. The van der Waals surface area contributed by atoms with Crippen molar-refractivity contribution < 1.29 is 4.39 Å². The molecule has 3 saturated heterocycles. The largest absolute Gasteiger partial charge is 0.357 e. The van der Waals surface area contributed by atoms with E-state index in [2.05, 4.69) is 27.4 Å². The molecule has 4 rings (SSSR count). The summed E-state index contributed by atoms with van der Waals surface area (Å²) in [6, 6.07) is 5.91. The van der Waals surface area contributed by atoms with Gasteiger partial charge in [-0.15, -0.1) is 24.0 Å². The number of benzene rings is 1. The van der Waals surface area contributed by atoms with E-state index in [9.17, 15) is 4.39 Å². The molecule has 0 spiro atoms. The van der Waals surface area contributed by atoms with Crippen LogP contribution in [0.25, 0.3) is 0 Å². The molecule has 3 heterocycles. The average Bonchev–Trinajstić information content (AvgIpc) is 2.63. The molecule has 0 aromatic heterocycles. The van der Waals surface area contributed by atoms with Gasteiger partial charge in [-0.3, -0.25) is 14.8 Å².